The molecule has 1 aromatic rings. The second kappa shape index (κ2) is 8.75. The number of hydrogen-bond donors (Lipinski definition) is 1. The van der Waals surface area contributed by atoms with E-state index in [1.165, 1.54) is 51.6 Å². The van der Waals surface area contributed by atoms with Crippen LogP contribution in [-0.4, -0.2) is 43.7 Å². The SMILES string of the molecule is N[C@H]1CC[C@H](CCN2CCCN(c3cccc(Cl)c3Cl)CC2)CC1. The largest absolute Gasteiger partial charge is 0.369 e. The first-order valence-electron chi connectivity index (χ1n) is 9.30. The van der Waals surface area contributed by atoms with Gasteiger partial charge < -0.3 is 15.5 Å². The summed E-state index contributed by atoms with van der Waals surface area (Å²) in [4.78, 5) is 5.00. The van der Waals surface area contributed by atoms with Gasteiger partial charge in [-0.2, -0.15) is 0 Å². The number of benzene rings is 1. The predicted octanol–water partition coefficient (Wildman–Crippen LogP) is 4.41. The van der Waals surface area contributed by atoms with Gasteiger partial charge in [0.1, 0.15) is 0 Å². The van der Waals surface area contributed by atoms with E-state index < -0.39 is 0 Å². The fourth-order valence-electron chi connectivity index (χ4n) is 4.01. The molecule has 1 heterocycles. The molecule has 0 bridgehead atoms. The van der Waals surface area contributed by atoms with Crippen LogP contribution in [0.4, 0.5) is 5.69 Å². The van der Waals surface area contributed by atoms with Crippen LogP contribution in [0.1, 0.15) is 38.5 Å². The number of anilines is 1. The van der Waals surface area contributed by atoms with Gasteiger partial charge in [-0.15, -0.1) is 0 Å². The van der Waals surface area contributed by atoms with Crippen molar-refractivity contribution < 1.29 is 0 Å². The van der Waals surface area contributed by atoms with E-state index >= 15 is 0 Å². The van der Waals surface area contributed by atoms with Crippen molar-refractivity contribution in [2.24, 2.45) is 11.7 Å². The summed E-state index contributed by atoms with van der Waals surface area (Å²) >= 11 is 12.6. The average Bonchev–Trinajstić information content (AvgIpc) is 2.82. The van der Waals surface area contributed by atoms with E-state index in [1.54, 1.807) is 0 Å². The van der Waals surface area contributed by atoms with Crippen LogP contribution in [0.3, 0.4) is 0 Å². The van der Waals surface area contributed by atoms with Crippen LogP contribution < -0.4 is 10.6 Å². The van der Waals surface area contributed by atoms with E-state index in [9.17, 15) is 0 Å². The number of hydrogen-bond acceptors (Lipinski definition) is 3. The molecule has 2 N–H and O–H groups in total. The maximum Gasteiger partial charge on any atom is 0.0825 e. The van der Waals surface area contributed by atoms with E-state index in [4.69, 9.17) is 28.9 Å². The number of halogens is 2. The van der Waals surface area contributed by atoms with Gasteiger partial charge in [-0.1, -0.05) is 29.3 Å². The quantitative estimate of drug-likeness (QED) is 0.852. The van der Waals surface area contributed by atoms with Crippen LogP contribution in [0, 0.1) is 5.92 Å². The van der Waals surface area contributed by atoms with Crippen molar-refractivity contribution in [3.63, 3.8) is 0 Å². The van der Waals surface area contributed by atoms with Gasteiger partial charge in [0.15, 0.2) is 0 Å². The monoisotopic (exact) mass is 369 g/mol. The summed E-state index contributed by atoms with van der Waals surface area (Å²) in [5, 5.41) is 1.33. The average molecular weight is 370 g/mol. The molecule has 24 heavy (non-hydrogen) atoms. The van der Waals surface area contributed by atoms with Gasteiger partial charge in [-0.05, 0) is 69.7 Å². The molecular weight excluding hydrogens is 341 g/mol. The summed E-state index contributed by atoms with van der Waals surface area (Å²) in [6, 6.07) is 6.37. The molecule has 1 aromatic carbocycles. The highest BCUT2D eigenvalue weighted by molar-refractivity contribution is 6.43. The highest BCUT2D eigenvalue weighted by Gasteiger charge is 2.21. The first-order chi connectivity index (χ1) is 11.6. The van der Waals surface area contributed by atoms with Gasteiger partial charge in [-0.25, -0.2) is 0 Å². The lowest BCUT2D eigenvalue weighted by Crippen LogP contribution is -2.33. The normalized spacial score (nSPS) is 26.4. The summed E-state index contributed by atoms with van der Waals surface area (Å²) in [6.07, 6.45) is 7.57. The molecule has 0 radical (unpaired) electrons. The fourth-order valence-corrected chi connectivity index (χ4v) is 4.43. The van der Waals surface area contributed by atoms with Crippen LogP contribution in [0.25, 0.3) is 0 Å². The molecule has 3 rings (SSSR count). The molecule has 5 heteroatoms. The Kier molecular flexibility index (Phi) is 6.68. The lowest BCUT2D eigenvalue weighted by Gasteiger charge is -2.29. The molecule has 0 atom stereocenters. The Bertz CT molecular complexity index is 529. The third kappa shape index (κ3) is 4.78. The molecule has 134 valence electrons. The number of rotatable bonds is 4. The number of nitrogens with zero attached hydrogens (tertiary/aromatic N) is 2. The van der Waals surface area contributed by atoms with Crippen LogP contribution in [0.2, 0.25) is 10.0 Å². The summed E-state index contributed by atoms with van der Waals surface area (Å²) in [6.45, 7) is 5.58. The van der Waals surface area contributed by atoms with Crippen molar-refractivity contribution in [1.29, 1.82) is 0 Å². The molecule has 0 unspecified atom stereocenters. The first kappa shape index (κ1) is 18.3. The molecule has 1 aliphatic heterocycles. The standard InChI is InChI=1S/C19H29Cl2N3/c20-17-3-1-4-18(19(17)21)24-11-2-10-23(13-14-24)12-9-15-5-7-16(22)8-6-15/h1,3-4,15-16H,2,5-14,22H2/t15-,16-. The molecule has 3 nitrogen and oxygen atoms in total. The molecular formula is C19H29Cl2N3. The lowest BCUT2D eigenvalue weighted by molar-refractivity contribution is 0.236. The van der Waals surface area contributed by atoms with Crippen LogP contribution >= 0.6 is 23.2 Å². The maximum absolute atomic E-state index is 6.39. The van der Waals surface area contributed by atoms with Gasteiger partial charge in [0, 0.05) is 25.7 Å². The fraction of sp³-hybridized carbons (Fsp3) is 0.684. The van der Waals surface area contributed by atoms with Gasteiger partial charge in [0.2, 0.25) is 0 Å². The van der Waals surface area contributed by atoms with E-state index in [0.717, 1.165) is 31.2 Å². The molecule has 1 saturated carbocycles. The van der Waals surface area contributed by atoms with Crippen molar-refractivity contribution >= 4 is 28.9 Å². The number of nitrogens with two attached hydrogens (primary N) is 1. The second-order valence-electron chi connectivity index (χ2n) is 7.32. The summed E-state index contributed by atoms with van der Waals surface area (Å²) in [5.74, 6) is 0.881. The molecule has 2 aliphatic rings. The van der Waals surface area contributed by atoms with Crippen molar-refractivity contribution in [2.45, 2.75) is 44.6 Å². The van der Waals surface area contributed by atoms with Gasteiger partial charge in [0.25, 0.3) is 0 Å². The van der Waals surface area contributed by atoms with Crippen molar-refractivity contribution in [3.05, 3.63) is 28.2 Å². The second-order valence-corrected chi connectivity index (χ2v) is 8.11. The zero-order chi connectivity index (χ0) is 16.9. The van der Waals surface area contributed by atoms with Crippen LogP contribution in [0.15, 0.2) is 18.2 Å². The maximum atomic E-state index is 6.39. The smallest absolute Gasteiger partial charge is 0.0825 e. The Labute approximate surface area is 156 Å². The van der Waals surface area contributed by atoms with Crippen molar-refractivity contribution in [2.75, 3.05) is 37.6 Å². The molecule has 2 fully saturated rings. The minimum absolute atomic E-state index is 0.454. The Hall–Kier alpha value is -0.480. The van der Waals surface area contributed by atoms with Crippen LogP contribution in [-0.2, 0) is 0 Å². The first-order valence-corrected chi connectivity index (χ1v) is 10.1. The topological polar surface area (TPSA) is 32.5 Å². The minimum atomic E-state index is 0.454. The van der Waals surface area contributed by atoms with E-state index in [2.05, 4.69) is 15.9 Å². The Balaban J connectivity index is 1.49. The zero-order valence-corrected chi connectivity index (χ0v) is 15.9. The van der Waals surface area contributed by atoms with E-state index in [1.807, 2.05) is 12.1 Å². The van der Waals surface area contributed by atoms with Gasteiger partial charge in [0.05, 0.1) is 15.7 Å². The third-order valence-electron chi connectivity index (χ3n) is 5.61. The zero-order valence-electron chi connectivity index (χ0n) is 14.4. The highest BCUT2D eigenvalue weighted by atomic mass is 35.5. The Morgan fingerprint density at radius 3 is 2.58 bits per heavy atom. The molecule has 0 spiro atoms. The summed E-state index contributed by atoms with van der Waals surface area (Å²) < 4.78 is 0. The molecule has 0 aromatic heterocycles. The van der Waals surface area contributed by atoms with Crippen LogP contribution in [0.5, 0.6) is 0 Å². The summed E-state index contributed by atoms with van der Waals surface area (Å²) in [7, 11) is 0. The Morgan fingerprint density at radius 2 is 1.79 bits per heavy atom. The third-order valence-corrected chi connectivity index (χ3v) is 6.41. The van der Waals surface area contributed by atoms with Gasteiger partial charge in [-0.3, -0.25) is 0 Å². The minimum Gasteiger partial charge on any atom is -0.369 e. The molecule has 0 amide bonds. The summed E-state index contributed by atoms with van der Waals surface area (Å²) in [5.41, 5.74) is 7.09. The van der Waals surface area contributed by atoms with Gasteiger partial charge >= 0.3 is 0 Å². The van der Waals surface area contributed by atoms with E-state index in [-0.39, 0.29) is 0 Å². The Morgan fingerprint density at radius 1 is 1.00 bits per heavy atom. The van der Waals surface area contributed by atoms with E-state index in [0.29, 0.717) is 16.1 Å². The highest BCUT2D eigenvalue weighted by Crippen LogP contribution is 2.33. The molecule has 1 aliphatic carbocycles. The molecule has 1 saturated heterocycles. The lowest BCUT2D eigenvalue weighted by atomic mass is 9.84. The predicted molar refractivity (Wildman–Crippen MR) is 104 cm³/mol. The van der Waals surface area contributed by atoms with Crippen molar-refractivity contribution in [1.82, 2.24) is 4.90 Å². The van der Waals surface area contributed by atoms with Crippen molar-refractivity contribution in [3.8, 4) is 0 Å².